The number of carbonyl (C=O) groups is 3. The number of imide groups is 1. The van der Waals surface area contributed by atoms with E-state index in [0.717, 1.165) is 17.7 Å². The van der Waals surface area contributed by atoms with E-state index < -0.39 is 29.3 Å². The molecule has 3 rings (SSSR count). The molecule has 7 nitrogen and oxygen atoms in total. The monoisotopic (exact) mass is 377 g/mol. The van der Waals surface area contributed by atoms with Gasteiger partial charge >= 0.3 is 6.03 Å². The molecule has 0 bridgehead atoms. The molecule has 0 aromatic heterocycles. The number of amides is 4. The molecule has 8 heteroatoms. The molecule has 1 atom stereocenters. The van der Waals surface area contributed by atoms with Crippen LogP contribution >= 0.6 is 0 Å². The molecule has 2 fully saturated rings. The van der Waals surface area contributed by atoms with Crippen molar-refractivity contribution < 1.29 is 23.5 Å². The summed E-state index contributed by atoms with van der Waals surface area (Å²) < 4.78 is 18.8. The summed E-state index contributed by atoms with van der Waals surface area (Å²) in [6.07, 6.45) is 3.49. The molecule has 2 aliphatic rings. The van der Waals surface area contributed by atoms with Gasteiger partial charge in [-0.05, 0) is 38.3 Å². The predicted molar refractivity (Wildman–Crippen MR) is 95.6 cm³/mol. The maximum absolute atomic E-state index is 13.4. The fourth-order valence-corrected chi connectivity index (χ4v) is 3.60. The number of halogens is 1. The van der Waals surface area contributed by atoms with Crippen LogP contribution in [0.4, 0.5) is 9.18 Å². The minimum atomic E-state index is -0.884. The third kappa shape index (κ3) is 3.89. The second-order valence-electron chi connectivity index (χ2n) is 6.99. The fourth-order valence-electron chi connectivity index (χ4n) is 3.60. The number of ether oxygens (including phenoxy) is 1. The lowest BCUT2D eigenvalue weighted by molar-refractivity contribution is -0.137. The molecule has 1 aromatic rings. The Kier molecular flexibility index (Phi) is 5.62. The van der Waals surface area contributed by atoms with Crippen LogP contribution in [0.15, 0.2) is 24.3 Å². The van der Waals surface area contributed by atoms with Gasteiger partial charge in [0, 0.05) is 6.54 Å². The van der Waals surface area contributed by atoms with Crippen LogP contribution in [-0.2, 0) is 9.59 Å². The molecule has 1 saturated carbocycles. The van der Waals surface area contributed by atoms with Crippen molar-refractivity contribution in [1.29, 1.82) is 0 Å². The van der Waals surface area contributed by atoms with Gasteiger partial charge in [-0.2, -0.15) is 0 Å². The van der Waals surface area contributed by atoms with Gasteiger partial charge < -0.3 is 15.4 Å². The molecule has 4 amide bonds. The van der Waals surface area contributed by atoms with Crippen molar-refractivity contribution in [2.24, 2.45) is 0 Å². The van der Waals surface area contributed by atoms with E-state index in [9.17, 15) is 18.8 Å². The van der Waals surface area contributed by atoms with E-state index >= 15 is 0 Å². The van der Waals surface area contributed by atoms with Gasteiger partial charge in [0.1, 0.15) is 11.6 Å². The normalized spacial score (nSPS) is 19.3. The standard InChI is InChI=1S/C19H24FN3O4/c1-13(23-17(25)19(22-18(23)26)9-4-5-10-19)16(24)21-11-6-12-27-15-8-3-2-7-14(15)20/h2-3,7-8,13H,4-6,9-12H2,1H3,(H,21,24)(H,22,26). The van der Waals surface area contributed by atoms with Crippen LogP contribution in [0.1, 0.15) is 39.0 Å². The Bertz CT molecular complexity index is 733. The number of hydrogen-bond acceptors (Lipinski definition) is 4. The lowest BCUT2D eigenvalue weighted by Crippen LogP contribution is -2.50. The molecule has 1 spiro atoms. The highest BCUT2D eigenvalue weighted by atomic mass is 19.1. The Morgan fingerprint density at radius 2 is 2.04 bits per heavy atom. The highest BCUT2D eigenvalue weighted by Gasteiger charge is 2.54. The van der Waals surface area contributed by atoms with Crippen molar-refractivity contribution in [2.45, 2.75) is 50.6 Å². The quantitative estimate of drug-likeness (QED) is 0.562. The first-order valence-electron chi connectivity index (χ1n) is 9.25. The summed E-state index contributed by atoms with van der Waals surface area (Å²) >= 11 is 0. The Morgan fingerprint density at radius 3 is 2.74 bits per heavy atom. The van der Waals surface area contributed by atoms with Crippen LogP contribution < -0.4 is 15.4 Å². The van der Waals surface area contributed by atoms with E-state index in [0.29, 0.717) is 25.8 Å². The van der Waals surface area contributed by atoms with E-state index in [4.69, 9.17) is 4.74 Å². The molecule has 0 radical (unpaired) electrons. The predicted octanol–water partition coefficient (Wildman–Crippen LogP) is 1.96. The largest absolute Gasteiger partial charge is 0.490 e. The molecule has 1 saturated heterocycles. The SMILES string of the molecule is CC(C(=O)NCCCOc1ccccc1F)N1C(=O)NC2(CCCC2)C1=O. The van der Waals surface area contributed by atoms with Crippen LogP contribution in [0, 0.1) is 5.82 Å². The molecular weight excluding hydrogens is 353 g/mol. The maximum Gasteiger partial charge on any atom is 0.325 e. The van der Waals surface area contributed by atoms with Crippen molar-refractivity contribution >= 4 is 17.8 Å². The number of carbonyl (C=O) groups excluding carboxylic acids is 3. The summed E-state index contributed by atoms with van der Waals surface area (Å²) in [4.78, 5) is 38.2. The number of rotatable bonds is 7. The van der Waals surface area contributed by atoms with Crippen LogP contribution in [0.25, 0.3) is 0 Å². The third-order valence-electron chi connectivity index (χ3n) is 5.13. The number of nitrogens with zero attached hydrogens (tertiary/aromatic N) is 1. The summed E-state index contributed by atoms with van der Waals surface area (Å²) in [5.74, 6) is -0.983. The van der Waals surface area contributed by atoms with Crippen molar-refractivity contribution in [2.75, 3.05) is 13.2 Å². The Morgan fingerprint density at radius 1 is 1.33 bits per heavy atom. The molecule has 146 valence electrons. The number of nitrogens with one attached hydrogen (secondary N) is 2. The van der Waals surface area contributed by atoms with E-state index in [1.807, 2.05) is 0 Å². The zero-order valence-electron chi connectivity index (χ0n) is 15.3. The van der Waals surface area contributed by atoms with Gasteiger partial charge in [-0.3, -0.25) is 9.59 Å². The molecule has 1 aliphatic carbocycles. The van der Waals surface area contributed by atoms with Crippen LogP contribution in [-0.4, -0.2) is 47.5 Å². The average Bonchev–Trinajstić information content (AvgIpc) is 3.21. The van der Waals surface area contributed by atoms with E-state index in [2.05, 4.69) is 10.6 Å². The summed E-state index contributed by atoms with van der Waals surface area (Å²) in [5.41, 5.74) is -0.820. The van der Waals surface area contributed by atoms with Crippen LogP contribution in [0.2, 0.25) is 0 Å². The lowest BCUT2D eigenvalue weighted by Gasteiger charge is -2.23. The molecule has 2 N–H and O–H groups in total. The van der Waals surface area contributed by atoms with Crippen molar-refractivity contribution in [1.82, 2.24) is 15.5 Å². The Balaban J connectivity index is 1.45. The topological polar surface area (TPSA) is 87.7 Å². The first-order chi connectivity index (χ1) is 12.9. The van der Waals surface area contributed by atoms with Crippen molar-refractivity contribution in [3.63, 3.8) is 0 Å². The summed E-state index contributed by atoms with van der Waals surface area (Å²) in [5, 5.41) is 5.46. The average molecular weight is 377 g/mol. The molecule has 1 aliphatic heterocycles. The number of benzene rings is 1. The van der Waals surface area contributed by atoms with Crippen LogP contribution in [0.5, 0.6) is 5.75 Å². The summed E-state index contributed by atoms with van der Waals surface area (Å²) in [6, 6.07) is 4.71. The molecule has 1 aromatic carbocycles. The van der Waals surface area contributed by atoms with Crippen molar-refractivity contribution in [3.05, 3.63) is 30.1 Å². The molecule has 1 unspecified atom stereocenters. The van der Waals surface area contributed by atoms with Crippen LogP contribution in [0.3, 0.4) is 0 Å². The first kappa shape index (κ1) is 19.1. The van der Waals surface area contributed by atoms with E-state index in [1.165, 1.54) is 19.1 Å². The van der Waals surface area contributed by atoms with Gasteiger partial charge in [0.25, 0.3) is 5.91 Å². The molecular formula is C19H24FN3O4. The maximum atomic E-state index is 13.4. The van der Waals surface area contributed by atoms with E-state index in [-0.39, 0.29) is 18.3 Å². The minimum Gasteiger partial charge on any atom is -0.490 e. The van der Waals surface area contributed by atoms with Gasteiger partial charge in [-0.1, -0.05) is 25.0 Å². The van der Waals surface area contributed by atoms with Gasteiger partial charge in [0.05, 0.1) is 6.61 Å². The second kappa shape index (κ2) is 7.94. The Labute approximate surface area is 157 Å². The Hall–Kier alpha value is -2.64. The van der Waals surface area contributed by atoms with Gasteiger partial charge in [0.15, 0.2) is 11.6 Å². The van der Waals surface area contributed by atoms with Gasteiger partial charge in [0.2, 0.25) is 5.91 Å². The molecule has 1 heterocycles. The highest BCUT2D eigenvalue weighted by molar-refractivity contribution is 6.09. The summed E-state index contributed by atoms with van der Waals surface area (Å²) in [6.45, 7) is 2.07. The lowest BCUT2D eigenvalue weighted by atomic mass is 9.97. The zero-order chi connectivity index (χ0) is 19.4. The third-order valence-corrected chi connectivity index (χ3v) is 5.13. The number of para-hydroxylation sites is 1. The van der Waals surface area contributed by atoms with E-state index in [1.54, 1.807) is 12.1 Å². The minimum absolute atomic E-state index is 0.165. The first-order valence-corrected chi connectivity index (χ1v) is 9.25. The number of urea groups is 1. The second-order valence-corrected chi connectivity index (χ2v) is 6.99. The zero-order valence-corrected chi connectivity index (χ0v) is 15.3. The molecule has 27 heavy (non-hydrogen) atoms. The number of hydrogen-bond donors (Lipinski definition) is 2. The van der Waals surface area contributed by atoms with Gasteiger partial charge in [-0.25, -0.2) is 14.1 Å². The summed E-state index contributed by atoms with van der Waals surface area (Å²) in [7, 11) is 0. The van der Waals surface area contributed by atoms with Crippen molar-refractivity contribution in [3.8, 4) is 5.75 Å². The highest BCUT2D eigenvalue weighted by Crippen LogP contribution is 2.35. The fraction of sp³-hybridized carbons (Fsp3) is 0.526. The smallest absolute Gasteiger partial charge is 0.325 e. The van der Waals surface area contributed by atoms with Gasteiger partial charge in [-0.15, -0.1) is 0 Å².